The Morgan fingerprint density at radius 1 is 1.05 bits per heavy atom. The van der Waals surface area contributed by atoms with Crippen LogP contribution in [0.15, 0.2) is 48.7 Å². The molecule has 4 rings (SSSR count). The summed E-state index contributed by atoms with van der Waals surface area (Å²) in [5, 5.41) is 2.85. The van der Waals surface area contributed by atoms with E-state index in [2.05, 4.69) is 15.3 Å². The van der Waals surface area contributed by atoms with Gasteiger partial charge in [0.2, 0.25) is 11.8 Å². The van der Waals surface area contributed by atoms with Crippen molar-refractivity contribution in [1.29, 1.82) is 0 Å². The number of hydrogen-bond acceptors (Lipinski definition) is 4. The SMILES string of the molecule is O=C1CCc2cc(Oc3cnc4ccccc4n3)ccc2N1. The molecule has 0 spiro atoms. The molecule has 0 saturated heterocycles. The lowest BCUT2D eigenvalue weighted by Crippen LogP contribution is -2.18. The molecule has 22 heavy (non-hydrogen) atoms. The van der Waals surface area contributed by atoms with Crippen molar-refractivity contribution in [3.63, 3.8) is 0 Å². The monoisotopic (exact) mass is 291 g/mol. The van der Waals surface area contributed by atoms with Crippen molar-refractivity contribution in [2.45, 2.75) is 12.8 Å². The number of amides is 1. The predicted octanol–water partition coefficient (Wildman–Crippen LogP) is 3.31. The highest BCUT2D eigenvalue weighted by molar-refractivity contribution is 5.94. The second-order valence-electron chi connectivity index (χ2n) is 5.17. The number of nitrogens with one attached hydrogen (secondary N) is 1. The van der Waals surface area contributed by atoms with Gasteiger partial charge >= 0.3 is 0 Å². The molecule has 1 aliphatic rings. The van der Waals surface area contributed by atoms with Crippen LogP contribution in [0.4, 0.5) is 5.69 Å². The molecule has 1 N–H and O–H groups in total. The molecule has 0 bridgehead atoms. The summed E-state index contributed by atoms with van der Waals surface area (Å²) < 4.78 is 5.79. The van der Waals surface area contributed by atoms with Crippen LogP contribution in [-0.2, 0) is 11.2 Å². The maximum atomic E-state index is 11.4. The van der Waals surface area contributed by atoms with Crippen molar-refractivity contribution in [1.82, 2.24) is 9.97 Å². The number of hydrogen-bond donors (Lipinski definition) is 1. The van der Waals surface area contributed by atoms with Crippen LogP contribution in [0.2, 0.25) is 0 Å². The van der Waals surface area contributed by atoms with Crippen molar-refractivity contribution in [3.8, 4) is 11.6 Å². The van der Waals surface area contributed by atoms with Gasteiger partial charge in [-0.05, 0) is 42.3 Å². The van der Waals surface area contributed by atoms with Gasteiger partial charge in [-0.1, -0.05) is 12.1 Å². The standard InChI is InChI=1S/C17H13N3O2/c21-16-8-5-11-9-12(6-7-13(11)19-16)22-17-10-18-14-3-1-2-4-15(14)20-17/h1-4,6-7,9-10H,5,8H2,(H,19,21). The summed E-state index contributed by atoms with van der Waals surface area (Å²) in [5.41, 5.74) is 3.56. The number of benzene rings is 2. The minimum atomic E-state index is 0.0570. The fourth-order valence-corrected chi connectivity index (χ4v) is 2.53. The molecule has 0 atom stereocenters. The van der Waals surface area contributed by atoms with E-state index in [9.17, 15) is 4.79 Å². The van der Waals surface area contributed by atoms with E-state index in [0.717, 1.165) is 28.7 Å². The van der Waals surface area contributed by atoms with Gasteiger partial charge in [-0.25, -0.2) is 9.97 Å². The highest BCUT2D eigenvalue weighted by Gasteiger charge is 2.15. The van der Waals surface area contributed by atoms with Crippen molar-refractivity contribution in [2.75, 3.05) is 5.32 Å². The number of aromatic nitrogens is 2. The number of anilines is 1. The number of ether oxygens (including phenoxy) is 1. The average molecular weight is 291 g/mol. The van der Waals surface area contributed by atoms with Crippen LogP contribution in [0.25, 0.3) is 11.0 Å². The molecule has 0 fully saturated rings. The number of rotatable bonds is 2. The third-order valence-corrected chi connectivity index (χ3v) is 3.62. The van der Waals surface area contributed by atoms with Crippen LogP contribution in [-0.4, -0.2) is 15.9 Å². The van der Waals surface area contributed by atoms with Gasteiger partial charge in [0, 0.05) is 12.1 Å². The van der Waals surface area contributed by atoms with E-state index in [0.29, 0.717) is 18.1 Å². The maximum absolute atomic E-state index is 11.4. The zero-order valence-electron chi connectivity index (χ0n) is 11.7. The number of aryl methyl sites for hydroxylation is 1. The van der Waals surface area contributed by atoms with Crippen LogP contribution in [0, 0.1) is 0 Å². The zero-order chi connectivity index (χ0) is 14.9. The van der Waals surface area contributed by atoms with Gasteiger partial charge in [0.15, 0.2) is 0 Å². The van der Waals surface area contributed by atoms with E-state index >= 15 is 0 Å². The molecule has 108 valence electrons. The van der Waals surface area contributed by atoms with Crippen LogP contribution < -0.4 is 10.1 Å². The Morgan fingerprint density at radius 2 is 1.91 bits per heavy atom. The first-order valence-electron chi connectivity index (χ1n) is 7.10. The molecule has 0 unspecified atom stereocenters. The first-order valence-corrected chi connectivity index (χ1v) is 7.10. The smallest absolute Gasteiger partial charge is 0.238 e. The van der Waals surface area contributed by atoms with Crippen molar-refractivity contribution in [2.24, 2.45) is 0 Å². The Balaban J connectivity index is 1.63. The summed E-state index contributed by atoms with van der Waals surface area (Å²) in [5.74, 6) is 1.21. The van der Waals surface area contributed by atoms with Gasteiger partial charge < -0.3 is 10.1 Å². The number of carbonyl (C=O) groups is 1. The molecular formula is C17H13N3O2. The molecule has 2 aromatic carbocycles. The van der Waals surface area contributed by atoms with Gasteiger partial charge in [-0.15, -0.1) is 0 Å². The lowest BCUT2D eigenvalue weighted by atomic mass is 10.0. The molecule has 1 amide bonds. The van der Waals surface area contributed by atoms with Gasteiger partial charge in [0.25, 0.3) is 0 Å². The van der Waals surface area contributed by atoms with Crippen molar-refractivity contribution < 1.29 is 9.53 Å². The highest BCUT2D eigenvalue weighted by Crippen LogP contribution is 2.29. The molecule has 1 aromatic heterocycles. The average Bonchev–Trinajstić information content (AvgIpc) is 2.55. The van der Waals surface area contributed by atoms with Crippen LogP contribution in [0.1, 0.15) is 12.0 Å². The fraction of sp³-hybridized carbons (Fsp3) is 0.118. The van der Waals surface area contributed by atoms with Crippen molar-refractivity contribution in [3.05, 3.63) is 54.2 Å². The molecule has 5 heteroatoms. The summed E-state index contributed by atoms with van der Waals surface area (Å²) in [6, 6.07) is 13.3. The highest BCUT2D eigenvalue weighted by atomic mass is 16.5. The van der Waals surface area contributed by atoms with E-state index in [-0.39, 0.29) is 5.91 Å². The lowest BCUT2D eigenvalue weighted by molar-refractivity contribution is -0.116. The summed E-state index contributed by atoms with van der Waals surface area (Å²) >= 11 is 0. The number of carbonyl (C=O) groups excluding carboxylic acids is 1. The largest absolute Gasteiger partial charge is 0.437 e. The normalized spacial score (nSPS) is 13.5. The second-order valence-corrected chi connectivity index (χ2v) is 5.17. The Labute approximate surface area is 127 Å². The number of para-hydroxylation sites is 2. The third kappa shape index (κ3) is 2.37. The molecule has 2 heterocycles. The van der Waals surface area contributed by atoms with E-state index in [4.69, 9.17) is 4.74 Å². The van der Waals surface area contributed by atoms with Crippen molar-refractivity contribution >= 4 is 22.6 Å². The molecular weight excluding hydrogens is 278 g/mol. The van der Waals surface area contributed by atoms with E-state index in [1.807, 2.05) is 42.5 Å². The molecule has 3 aromatic rings. The summed E-state index contributed by atoms with van der Waals surface area (Å²) in [6.07, 6.45) is 2.84. The first-order chi connectivity index (χ1) is 10.8. The Bertz CT molecular complexity index is 877. The Hall–Kier alpha value is -2.95. The second kappa shape index (κ2) is 5.11. The molecule has 0 aliphatic carbocycles. The Morgan fingerprint density at radius 3 is 2.82 bits per heavy atom. The minimum absolute atomic E-state index is 0.0570. The summed E-state index contributed by atoms with van der Waals surface area (Å²) in [6.45, 7) is 0. The summed E-state index contributed by atoms with van der Waals surface area (Å²) in [7, 11) is 0. The van der Waals surface area contributed by atoms with Crippen LogP contribution in [0.3, 0.4) is 0 Å². The first kappa shape index (κ1) is 12.8. The number of fused-ring (bicyclic) bond motifs is 2. The topological polar surface area (TPSA) is 64.1 Å². The predicted molar refractivity (Wildman–Crippen MR) is 83.0 cm³/mol. The molecule has 5 nitrogen and oxygen atoms in total. The lowest BCUT2D eigenvalue weighted by Gasteiger charge is -2.17. The van der Waals surface area contributed by atoms with Gasteiger partial charge in [-0.2, -0.15) is 0 Å². The van der Waals surface area contributed by atoms with Crippen LogP contribution in [0.5, 0.6) is 11.6 Å². The number of nitrogens with zero attached hydrogens (tertiary/aromatic N) is 2. The molecule has 0 radical (unpaired) electrons. The Kier molecular flexibility index (Phi) is 2.96. The fourth-order valence-electron chi connectivity index (χ4n) is 2.53. The van der Waals surface area contributed by atoms with E-state index in [1.54, 1.807) is 6.20 Å². The molecule has 1 aliphatic heterocycles. The van der Waals surface area contributed by atoms with E-state index in [1.165, 1.54) is 0 Å². The maximum Gasteiger partial charge on any atom is 0.238 e. The zero-order valence-corrected chi connectivity index (χ0v) is 11.7. The van der Waals surface area contributed by atoms with Gasteiger partial charge in [0.1, 0.15) is 5.75 Å². The van der Waals surface area contributed by atoms with Gasteiger partial charge in [-0.3, -0.25) is 4.79 Å². The quantitative estimate of drug-likeness (QED) is 0.786. The molecule has 0 saturated carbocycles. The third-order valence-electron chi connectivity index (χ3n) is 3.62. The minimum Gasteiger partial charge on any atom is -0.437 e. The van der Waals surface area contributed by atoms with E-state index < -0.39 is 0 Å². The van der Waals surface area contributed by atoms with Crippen LogP contribution >= 0.6 is 0 Å². The summed E-state index contributed by atoms with van der Waals surface area (Å²) in [4.78, 5) is 20.1. The van der Waals surface area contributed by atoms with Gasteiger partial charge in [0.05, 0.1) is 17.2 Å².